The first kappa shape index (κ1) is 83.6. The molecule has 2 unspecified atom stereocenters. The maximum atomic E-state index is 13.6. The maximum Gasteiger partial charge on any atom is 0.419 e. The molecule has 3 aliphatic heterocycles. The van der Waals surface area contributed by atoms with Crippen LogP contribution < -0.4 is 21.3 Å². The molecule has 28 heteroatoms. The molecule has 104 heavy (non-hydrogen) atoms. The highest BCUT2D eigenvalue weighted by molar-refractivity contribution is 8.45. The lowest BCUT2D eigenvalue weighted by Crippen LogP contribution is -2.50. The molecule has 7 amide bonds. The SMILES string of the molecule is CCCC(C)N1CCC(N(Cc2ccccc2)C(=O)Nc2cccc(S(F)(F)(F)(F)F)c2)CC1.CCCC(C)N1CCC(N(Cc2ccccc2CNC(=O)CCl)C(=O)Nc2cccc(C(F)(F)F)c2)CC1.CCCCN1CCC(N(Cc2ccccc2)C(=O)Nc2ccc(F)c(C(F)(F)F)c2)CC1. The monoisotopic (exact) mass is 1510 g/mol. The summed E-state index contributed by atoms with van der Waals surface area (Å²) < 4.78 is 159. The number of hydrogen-bond donors (Lipinski definition) is 4. The summed E-state index contributed by atoms with van der Waals surface area (Å²) in [5, 5.41) is 10.4. The highest BCUT2D eigenvalue weighted by atomic mass is 35.5. The predicted molar refractivity (Wildman–Crippen MR) is 389 cm³/mol. The summed E-state index contributed by atoms with van der Waals surface area (Å²) in [7, 11) is -9.85. The Balaban J connectivity index is 0.000000219. The molecule has 0 saturated carbocycles. The van der Waals surface area contributed by atoms with Gasteiger partial charge in [0.05, 0.1) is 11.1 Å². The first-order valence-electron chi connectivity index (χ1n) is 35.4. The quantitative estimate of drug-likeness (QED) is 0.0331. The van der Waals surface area contributed by atoms with Gasteiger partial charge in [0, 0.05) is 113 Å². The second-order valence-corrected chi connectivity index (χ2v) is 29.5. The van der Waals surface area contributed by atoms with Gasteiger partial charge in [0.25, 0.3) is 0 Å². The normalized spacial score (nSPS) is 16.6. The highest BCUT2D eigenvalue weighted by Crippen LogP contribution is 3.02. The lowest BCUT2D eigenvalue weighted by molar-refractivity contribution is -0.140. The van der Waals surface area contributed by atoms with Gasteiger partial charge in [0.2, 0.25) is 5.91 Å². The zero-order chi connectivity index (χ0) is 75.9. The largest absolute Gasteiger partial charge is 0.419 e. The number of halogens is 13. The number of likely N-dealkylation sites (tertiary alicyclic amines) is 3. The van der Waals surface area contributed by atoms with Crippen LogP contribution in [0, 0.1) is 5.82 Å². The Labute approximate surface area is 607 Å². The van der Waals surface area contributed by atoms with Crippen LogP contribution in [0.15, 0.2) is 157 Å². The average Bonchev–Trinajstić information content (AvgIpc) is 0.728. The maximum absolute atomic E-state index is 13.6. The van der Waals surface area contributed by atoms with Gasteiger partial charge in [0.15, 0.2) is 0 Å². The van der Waals surface area contributed by atoms with E-state index < -0.39 is 62.5 Å². The molecule has 2 atom stereocenters. The molecule has 3 aliphatic rings. The summed E-state index contributed by atoms with van der Waals surface area (Å²) in [5.74, 6) is -1.81. The Morgan fingerprint density at radius 2 is 0.942 bits per heavy atom. The minimum Gasteiger partial charge on any atom is -0.351 e. The minimum atomic E-state index is -9.85. The lowest BCUT2D eigenvalue weighted by Gasteiger charge is -2.41. The first-order chi connectivity index (χ1) is 49.2. The van der Waals surface area contributed by atoms with Gasteiger partial charge >= 0.3 is 40.7 Å². The van der Waals surface area contributed by atoms with Gasteiger partial charge in [-0.15, -0.1) is 11.6 Å². The molecule has 3 heterocycles. The molecule has 6 aromatic rings. The second-order valence-electron chi connectivity index (χ2n) is 26.8. The fourth-order valence-corrected chi connectivity index (χ4v) is 14.1. The van der Waals surface area contributed by atoms with Crippen molar-refractivity contribution in [1.82, 2.24) is 34.7 Å². The van der Waals surface area contributed by atoms with Crippen LogP contribution in [0.25, 0.3) is 0 Å². The highest BCUT2D eigenvalue weighted by Gasteiger charge is 2.65. The van der Waals surface area contributed by atoms with Gasteiger partial charge in [-0.2, -0.15) is 26.3 Å². The van der Waals surface area contributed by atoms with E-state index in [2.05, 4.69) is 70.6 Å². The van der Waals surface area contributed by atoms with Gasteiger partial charge in [-0.1, -0.05) is 157 Å². The van der Waals surface area contributed by atoms with Crippen molar-refractivity contribution in [3.8, 4) is 0 Å². The van der Waals surface area contributed by atoms with E-state index in [1.54, 1.807) is 14.7 Å². The van der Waals surface area contributed by atoms with Crippen LogP contribution in [0.2, 0.25) is 0 Å². The molecule has 0 bridgehead atoms. The number of carbonyl (C=O) groups is 4. The van der Waals surface area contributed by atoms with Crippen molar-refractivity contribution in [2.45, 2.75) is 185 Å². The minimum absolute atomic E-state index is 0.0318. The van der Waals surface area contributed by atoms with Crippen molar-refractivity contribution in [1.29, 1.82) is 0 Å². The molecule has 0 aliphatic carbocycles. The second kappa shape index (κ2) is 37.5. The smallest absolute Gasteiger partial charge is 0.351 e. The molecule has 4 N–H and O–H groups in total. The molecule has 6 aromatic carbocycles. The molecular formula is C76H97ClF12N10O4S. The summed E-state index contributed by atoms with van der Waals surface area (Å²) in [5.41, 5.74) is 0.984. The number of unbranched alkanes of at least 4 members (excludes halogenated alkanes) is 1. The summed E-state index contributed by atoms with van der Waals surface area (Å²) in [6, 6.07) is 35.2. The van der Waals surface area contributed by atoms with Crippen molar-refractivity contribution in [2.24, 2.45) is 0 Å². The third-order valence-corrected chi connectivity index (χ3v) is 20.5. The number of anilines is 3. The van der Waals surface area contributed by atoms with Crippen LogP contribution in [0.4, 0.5) is 81.6 Å². The molecule has 572 valence electrons. The number of alkyl halides is 7. The van der Waals surface area contributed by atoms with Crippen LogP contribution >= 0.6 is 21.8 Å². The van der Waals surface area contributed by atoms with Gasteiger partial charge in [0.1, 0.15) is 16.6 Å². The Hall–Kier alpha value is -7.72. The van der Waals surface area contributed by atoms with E-state index in [0.717, 1.165) is 175 Å². The van der Waals surface area contributed by atoms with E-state index in [4.69, 9.17) is 11.6 Å². The third-order valence-electron chi connectivity index (χ3n) is 19.1. The van der Waals surface area contributed by atoms with Gasteiger partial charge in [-0.05, 0) is 155 Å². The van der Waals surface area contributed by atoms with E-state index in [-0.39, 0.29) is 66.6 Å². The number of hydrogen-bond acceptors (Lipinski definition) is 7. The molecule has 3 fully saturated rings. The molecule has 0 spiro atoms. The number of rotatable bonds is 25. The fourth-order valence-electron chi connectivity index (χ4n) is 13.3. The van der Waals surface area contributed by atoms with Crippen LogP contribution in [0.5, 0.6) is 0 Å². The van der Waals surface area contributed by atoms with Gasteiger partial charge in [-0.3, -0.25) is 4.79 Å². The van der Waals surface area contributed by atoms with E-state index in [0.29, 0.717) is 36.8 Å². The molecule has 14 nitrogen and oxygen atoms in total. The van der Waals surface area contributed by atoms with E-state index >= 15 is 0 Å². The average molecular weight is 1510 g/mol. The number of nitrogens with zero attached hydrogens (tertiary/aromatic N) is 6. The predicted octanol–water partition coefficient (Wildman–Crippen LogP) is 20.4. The Bertz CT molecular complexity index is 3700. The Morgan fingerprint density at radius 3 is 1.38 bits per heavy atom. The number of piperidine rings is 3. The standard InChI is InChI=1S/C28H36ClF3N4O2.C24H32F5N3OS.C24H29F4N3O/c1-3-7-20(2)35-14-12-25(13-15-35)36(19-22-9-5-4-8-21(22)18-33-26(37)17-29)27(38)34-24-11-6-10-23(16-24)28(30,31)32;1-3-8-19(2)31-15-13-22(14-16-31)32(18-20-9-5-4-6-10-20)24(33)30-21-11-7-12-23(17-21)34(25,26,27,28)29;1-2-3-13-30-14-11-20(12-15-30)31(17-18-7-5-4-6-8-18)23(32)29-19-9-10-22(25)21(16-19)24(26,27)28/h4-6,8-11,16,20,25H,3,7,12-15,17-19H2,1-2H3,(H,33,37)(H,34,38);4-7,9-12,17,19,22H,3,8,13-16,18H2,1-2H3,(H,30,33);4-10,16,20H,2-3,11-15,17H2,1H3,(H,29,32). The topological polar surface area (TPSA) is 136 Å². The van der Waals surface area contributed by atoms with E-state index in [9.17, 15) is 69.3 Å². The third kappa shape index (κ3) is 26.1. The first-order valence-corrected chi connectivity index (χ1v) is 37.9. The number of benzene rings is 6. The van der Waals surface area contributed by atoms with Crippen LogP contribution in [0.3, 0.4) is 0 Å². The lowest BCUT2D eigenvalue weighted by atomic mass is 9.99. The summed E-state index contributed by atoms with van der Waals surface area (Å²) in [4.78, 5) is 61.8. The summed E-state index contributed by atoms with van der Waals surface area (Å²) >= 11 is 5.61. The van der Waals surface area contributed by atoms with E-state index in [1.807, 2.05) is 84.9 Å². The molecular weight excluding hydrogens is 1410 g/mol. The van der Waals surface area contributed by atoms with Crippen molar-refractivity contribution in [3.63, 3.8) is 0 Å². The van der Waals surface area contributed by atoms with Crippen molar-refractivity contribution in [3.05, 3.63) is 191 Å². The molecule has 0 aromatic heterocycles. The number of urea groups is 3. The molecule has 9 rings (SSSR count). The summed E-state index contributed by atoms with van der Waals surface area (Å²) in [6.45, 7) is 18.1. The number of nitrogens with one attached hydrogen (secondary N) is 4. The Morgan fingerprint density at radius 1 is 0.510 bits per heavy atom. The number of carbonyl (C=O) groups excluding carboxylic acids is 4. The van der Waals surface area contributed by atoms with Crippen molar-refractivity contribution >= 4 is 62.9 Å². The number of amides is 7. The Kier molecular flexibility index (Phi) is 30.1. The zero-order valence-electron chi connectivity index (χ0n) is 59.4. The van der Waals surface area contributed by atoms with Crippen LogP contribution in [-0.4, -0.2) is 135 Å². The molecule has 0 radical (unpaired) electrons. The van der Waals surface area contributed by atoms with Gasteiger partial charge in [-0.25, -0.2) is 18.8 Å². The van der Waals surface area contributed by atoms with E-state index in [1.165, 1.54) is 18.2 Å². The van der Waals surface area contributed by atoms with Crippen molar-refractivity contribution < 1.29 is 69.3 Å². The summed E-state index contributed by atoms with van der Waals surface area (Å²) in [6.07, 6.45) is 1.84. The van der Waals surface area contributed by atoms with Gasteiger partial charge < -0.3 is 50.7 Å². The van der Waals surface area contributed by atoms with Crippen LogP contribution in [-0.2, 0) is 43.3 Å². The molecule has 3 saturated heterocycles. The van der Waals surface area contributed by atoms with Crippen LogP contribution in [0.1, 0.15) is 145 Å². The zero-order valence-corrected chi connectivity index (χ0v) is 61.0. The van der Waals surface area contributed by atoms with Crippen molar-refractivity contribution in [2.75, 3.05) is 67.6 Å². The fraction of sp³-hybridized carbons (Fsp3) is 0.474.